The fourth-order valence-corrected chi connectivity index (χ4v) is 3.87. The van der Waals surface area contributed by atoms with Crippen LogP contribution in [0, 0.1) is 5.92 Å². The van der Waals surface area contributed by atoms with Gasteiger partial charge in [-0.15, -0.1) is 0 Å². The van der Waals surface area contributed by atoms with E-state index in [1.807, 2.05) is 0 Å². The zero-order valence-electron chi connectivity index (χ0n) is 17.3. The molecule has 0 radical (unpaired) electrons. The lowest BCUT2D eigenvalue weighted by Gasteiger charge is -2.23. The zero-order valence-corrected chi connectivity index (χ0v) is 17.3. The first kappa shape index (κ1) is 21.0. The van der Waals surface area contributed by atoms with Crippen molar-refractivity contribution in [3.05, 3.63) is 0 Å². The van der Waals surface area contributed by atoms with Crippen molar-refractivity contribution >= 4 is 11.9 Å². The second-order valence-corrected chi connectivity index (χ2v) is 7.89. The molecule has 26 heavy (non-hydrogen) atoms. The molecular formula is C20H39N5O. The summed E-state index contributed by atoms with van der Waals surface area (Å²) in [4.78, 5) is 21.7. The summed E-state index contributed by atoms with van der Waals surface area (Å²) in [6.07, 6.45) is 6.77. The largest absolute Gasteiger partial charge is 0.357 e. The molecule has 6 nitrogen and oxygen atoms in total. The maximum absolute atomic E-state index is 12.6. The average molecular weight is 366 g/mol. The highest BCUT2D eigenvalue weighted by atomic mass is 16.2. The van der Waals surface area contributed by atoms with Crippen molar-refractivity contribution in [2.45, 2.75) is 71.4 Å². The van der Waals surface area contributed by atoms with Gasteiger partial charge in [-0.3, -0.25) is 9.79 Å². The topological polar surface area (TPSA) is 60.0 Å². The van der Waals surface area contributed by atoms with Gasteiger partial charge in [-0.1, -0.05) is 19.8 Å². The minimum absolute atomic E-state index is 0.284. The number of guanidine groups is 1. The third-order valence-corrected chi connectivity index (χ3v) is 5.96. The number of hydrogen-bond donors (Lipinski definition) is 2. The van der Waals surface area contributed by atoms with Crippen LogP contribution in [0.5, 0.6) is 0 Å². The Morgan fingerprint density at radius 2 is 2.00 bits per heavy atom. The Labute approximate surface area is 159 Å². The molecule has 0 aromatic rings. The van der Waals surface area contributed by atoms with E-state index < -0.39 is 0 Å². The van der Waals surface area contributed by atoms with Crippen molar-refractivity contribution in [3.8, 4) is 0 Å². The second-order valence-electron chi connectivity index (χ2n) is 7.89. The standard InChI is InChI=1S/C20H39N5O/c1-5-16(3)24(4)14-12-22-20(21-6-2)23-18-11-13-25(15-18)19(26)17-9-7-8-10-17/h16-18H,5-15H2,1-4H3,(H2,21,22,23). The summed E-state index contributed by atoms with van der Waals surface area (Å²) in [5, 5.41) is 6.88. The van der Waals surface area contributed by atoms with E-state index in [-0.39, 0.29) is 5.92 Å². The molecule has 1 aliphatic heterocycles. The Morgan fingerprint density at radius 3 is 2.65 bits per heavy atom. The van der Waals surface area contributed by atoms with Crippen LogP contribution in [-0.4, -0.2) is 73.5 Å². The number of likely N-dealkylation sites (tertiary alicyclic amines) is 1. The lowest BCUT2D eigenvalue weighted by atomic mass is 10.1. The number of carbonyl (C=O) groups is 1. The van der Waals surface area contributed by atoms with Crippen molar-refractivity contribution in [1.82, 2.24) is 20.4 Å². The summed E-state index contributed by atoms with van der Waals surface area (Å²) in [7, 11) is 2.16. The van der Waals surface area contributed by atoms with Gasteiger partial charge < -0.3 is 20.4 Å². The van der Waals surface area contributed by atoms with Gasteiger partial charge >= 0.3 is 0 Å². The summed E-state index contributed by atoms with van der Waals surface area (Å²) in [6, 6.07) is 0.899. The molecule has 2 atom stereocenters. The summed E-state index contributed by atoms with van der Waals surface area (Å²) in [5.41, 5.74) is 0. The highest BCUT2D eigenvalue weighted by molar-refractivity contribution is 5.81. The predicted molar refractivity (Wildman–Crippen MR) is 108 cm³/mol. The van der Waals surface area contributed by atoms with E-state index in [0.717, 1.165) is 64.4 Å². The van der Waals surface area contributed by atoms with Gasteiger partial charge in [-0.05, 0) is 46.6 Å². The van der Waals surface area contributed by atoms with Crippen LogP contribution in [0.4, 0.5) is 0 Å². The molecule has 1 amide bonds. The fraction of sp³-hybridized carbons (Fsp3) is 0.900. The van der Waals surface area contributed by atoms with Crippen LogP contribution in [0.3, 0.4) is 0 Å². The van der Waals surface area contributed by atoms with Crippen molar-refractivity contribution in [3.63, 3.8) is 0 Å². The van der Waals surface area contributed by atoms with E-state index >= 15 is 0 Å². The van der Waals surface area contributed by atoms with Crippen molar-refractivity contribution in [2.24, 2.45) is 10.9 Å². The molecule has 2 unspecified atom stereocenters. The predicted octanol–water partition coefficient (Wildman–Crippen LogP) is 2.06. The van der Waals surface area contributed by atoms with E-state index in [1.165, 1.54) is 12.8 Å². The first-order valence-corrected chi connectivity index (χ1v) is 10.6. The number of amides is 1. The van der Waals surface area contributed by atoms with E-state index in [9.17, 15) is 4.79 Å². The first-order valence-electron chi connectivity index (χ1n) is 10.6. The van der Waals surface area contributed by atoms with Crippen LogP contribution in [-0.2, 0) is 4.79 Å². The molecule has 0 bridgehead atoms. The summed E-state index contributed by atoms with van der Waals surface area (Å²) in [6.45, 7) is 10.8. The van der Waals surface area contributed by atoms with Crippen LogP contribution in [0.25, 0.3) is 0 Å². The SMILES string of the molecule is CCNC(=NCCN(C)C(C)CC)NC1CCN(C(=O)C2CCCC2)C1. The van der Waals surface area contributed by atoms with Gasteiger partial charge in [-0.25, -0.2) is 0 Å². The number of hydrogen-bond acceptors (Lipinski definition) is 3. The molecule has 2 fully saturated rings. The maximum atomic E-state index is 12.6. The molecule has 1 saturated heterocycles. The minimum atomic E-state index is 0.284. The molecule has 2 N–H and O–H groups in total. The van der Waals surface area contributed by atoms with Gasteiger partial charge in [0.25, 0.3) is 0 Å². The summed E-state index contributed by atoms with van der Waals surface area (Å²) in [5.74, 6) is 1.54. The van der Waals surface area contributed by atoms with E-state index in [1.54, 1.807) is 0 Å². The fourth-order valence-electron chi connectivity index (χ4n) is 3.87. The Morgan fingerprint density at radius 1 is 1.27 bits per heavy atom. The zero-order chi connectivity index (χ0) is 18.9. The van der Waals surface area contributed by atoms with E-state index in [0.29, 0.717) is 18.0 Å². The maximum Gasteiger partial charge on any atom is 0.225 e. The molecule has 2 aliphatic rings. The molecule has 6 heteroatoms. The van der Waals surface area contributed by atoms with E-state index in [2.05, 4.69) is 48.3 Å². The molecular weight excluding hydrogens is 326 g/mol. The third-order valence-electron chi connectivity index (χ3n) is 5.96. The lowest BCUT2D eigenvalue weighted by molar-refractivity contribution is -0.134. The first-order chi connectivity index (χ1) is 12.5. The van der Waals surface area contributed by atoms with Gasteiger partial charge in [0.05, 0.1) is 6.54 Å². The number of aliphatic imine (C=N–C) groups is 1. The van der Waals surface area contributed by atoms with Crippen LogP contribution in [0.1, 0.15) is 59.3 Å². The van der Waals surface area contributed by atoms with Crippen LogP contribution in [0.2, 0.25) is 0 Å². The monoisotopic (exact) mass is 365 g/mol. The highest BCUT2D eigenvalue weighted by Gasteiger charge is 2.32. The number of carbonyl (C=O) groups excluding carboxylic acids is 1. The Bertz CT molecular complexity index is 461. The molecule has 150 valence electrons. The smallest absolute Gasteiger partial charge is 0.225 e. The van der Waals surface area contributed by atoms with Crippen LogP contribution < -0.4 is 10.6 Å². The molecule has 0 aromatic carbocycles. The van der Waals surface area contributed by atoms with Gasteiger partial charge in [0, 0.05) is 44.2 Å². The molecule has 0 aromatic heterocycles. The van der Waals surface area contributed by atoms with Crippen molar-refractivity contribution in [1.29, 1.82) is 0 Å². The third kappa shape index (κ3) is 6.15. The molecule has 0 spiro atoms. The van der Waals surface area contributed by atoms with Crippen molar-refractivity contribution < 1.29 is 4.79 Å². The molecule has 2 rings (SSSR count). The average Bonchev–Trinajstić information content (AvgIpc) is 3.32. The number of rotatable bonds is 8. The van der Waals surface area contributed by atoms with Crippen LogP contribution >= 0.6 is 0 Å². The Balaban J connectivity index is 1.79. The number of nitrogens with zero attached hydrogens (tertiary/aromatic N) is 3. The Hall–Kier alpha value is -1.30. The molecule has 1 aliphatic carbocycles. The Kier molecular flexibility index (Phi) is 8.69. The van der Waals surface area contributed by atoms with Gasteiger partial charge in [0.15, 0.2) is 5.96 Å². The normalized spacial score (nSPS) is 22.9. The molecule has 1 heterocycles. The number of likely N-dealkylation sites (N-methyl/N-ethyl adjacent to an activating group) is 1. The highest BCUT2D eigenvalue weighted by Crippen LogP contribution is 2.27. The van der Waals surface area contributed by atoms with Crippen LogP contribution in [0.15, 0.2) is 4.99 Å². The minimum Gasteiger partial charge on any atom is -0.357 e. The van der Waals surface area contributed by atoms with E-state index in [4.69, 9.17) is 4.99 Å². The molecule has 1 saturated carbocycles. The van der Waals surface area contributed by atoms with Gasteiger partial charge in [0.1, 0.15) is 0 Å². The quantitative estimate of drug-likeness (QED) is 0.511. The lowest BCUT2D eigenvalue weighted by Crippen LogP contribution is -2.45. The summed E-state index contributed by atoms with van der Waals surface area (Å²) >= 11 is 0. The van der Waals surface area contributed by atoms with Gasteiger partial charge in [-0.2, -0.15) is 0 Å². The number of nitrogens with one attached hydrogen (secondary N) is 2. The second kappa shape index (κ2) is 10.8. The van der Waals surface area contributed by atoms with Crippen molar-refractivity contribution in [2.75, 3.05) is 39.8 Å². The van der Waals surface area contributed by atoms with Gasteiger partial charge in [0.2, 0.25) is 5.91 Å². The summed E-state index contributed by atoms with van der Waals surface area (Å²) < 4.78 is 0.